The molecule has 0 aromatic carbocycles. The second-order valence-corrected chi connectivity index (χ2v) is 4.71. The van der Waals surface area contributed by atoms with Gasteiger partial charge in [0, 0.05) is 24.5 Å². The maximum atomic E-state index is 9.20. The molecule has 0 radical (unpaired) electrons. The third-order valence-corrected chi connectivity index (χ3v) is 3.40. The van der Waals surface area contributed by atoms with Crippen molar-refractivity contribution in [2.45, 2.75) is 45.1 Å². The minimum atomic E-state index is 0.161. The molecule has 1 saturated carbocycles. The molecule has 0 saturated heterocycles. The van der Waals surface area contributed by atoms with Gasteiger partial charge in [-0.15, -0.1) is 0 Å². The van der Waals surface area contributed by atoms with Crippen molar-refractivity contribution in [3.63, 3.8) is 0 Å². The molecule has 17 heavy (non-hydrogen) atoms. The van der Waals surface area contributed by atoms with Crippen molar-refractivity contribution in [2.24, 2.45) is 0 Å². The first-order chi connectivity index (χ1) is 8.31. The van der Waals surface area contributed by atoms with Gasteiger partial charge in [0.25, 0.3) is 0 Å². The fraction of sp³-hybridized carbons (Fsp3) is 0.692. The quantitative estimate of drug-likeness (QED) is 0.866. The molecule has 2 rings (SSSR count). The minimum Gasteiger partial charge on any atom is -0.395 e. The molecule has 4 heteroatoms. The Morgan fingerprint density at radius 1 is 1.35 bits per heavy atom. The van der Waals surface area contributed by atoms with Crippen LogP contribution >= 0.6 is 0 Å². The zero-order valence-electron chi connectivity index (χ0n) is 10.5. The van der Waals surface area contributed by atoms with Gasteiger partial charge in [-0.05, 0) is 25.8 Å². The lowest BCUT2D eigenvalue weighted by atomic mass is 9.94. The Balaban J connectivity index is 2.15. The Morgan fingerprint density at radius 2 is 2.12 bits per heavy atom. The fourth-order valence-corrected chi connectivity index (χ4v) is 2.52. The summed E-state index contributed by atoms with van der Waals surface area (Å²) in [5, 5.41) is 9.20. The monoisotopic (exact) mass is 235 g/mol. The standard InChI is InChI=1S/C13H21N3O/c1-11-7-8-14-13(15-11)16(9-10-17)12-5-3-2-4-6-12/h7-8,12,17H,2-6,9-10H2,1H3. The summed E-state index contributed by atoms with van der Waals surface area (Å²) < 4.78 is 0. The number of hydrogen-bond donors (Lipinski definition) is 1. The maximum Gasteiger partial charge on any atom is 0.225 e. The number of aryl methyl sites for hydroxylation is 1. The summed E-state index contributed by atoms with van der Waals surface area (Å²) in [7, 11) is 0. The van der Waals surface area contributed by atoms with Crippen molar-refractivity contribution in [3.8, 4) is 0 Å². The van der Waals surface area contributed by atoms with E-state index in [1.54, 1.807) is 6.20 Å². The maximum absolute atomic E-state index is 9.20. The van der Waals surface area contributed by atoms with Crippen LogP contribution in [0.1, 0.15) is 37.8 Å². The van der Waals surface area contributed by atoms with Crippen LogP contribution in [-0.2, 0) is 0 Å². The van der Waals surface area contributed by atoms with E-state index in [-0.39, 0.29) is 6.61 Å². The summed E-state index contributed by atoms with van der Waals surface area (Å²) in [5.41, 5.74) is 0.980. The van der Waals surface area contributed by atoms with E-state index < -0.39 is 0 Å². The highest BCUT2D eigenvalue weighted by Gasteiger charge is 2.22. The first-order valence-corrected chi connectivity index (χ1v) is 6.48. The van der Waals surface area contributed by atoms with Crippen LogP contribution < -0.4 is 4.90 Å². The normalized spacial score (nSPS) is 17.1. The van der Waals surface area contributed by atoms with E-state index in [4.69, 9.17) is 0 Å². The zero-order valence-corrected chi connectivity index (χ0v) is 10.5. The smallest absolute Gasteiger partial charge is 0.225 e. The summed E-state index contributed by atoms with van der Waals surface area (Å²) in [6.45, 7) is 2.77. The third kappa shape index (κ3) is 3.16. The molecule has 1 aliphatic carbocycles. The Labute approximate surface area is 103 Å². The molecule has 4 nitrogen and oxygen atoms in total. The second kappa shape index (κ2) is 5.96. The first-order valence-electron chi connectivity index (χ1n) is 6.48. The van der Waals surface area contributed by atoms with Crippen LogP contribution in [0.2, 0.25) is 0 Å². The summed E-state index contributed by atoms with van der Waals surface area (Å²) in [6.07, 6.45) is 8.06. The summed E-state index contributed by atoms with van der Waals surface area (Å²) in [4.78, 5) is 11.0. The molecule has 0 atom stereocenters. The molecule has 94 valence electrons. The summed E-state index contributed by atoms with van der Waals surface area (Å²) in [6, 6.07) is 2.40. The van der Waals surface area contributed by atoms with Crippen LogP contribution in [0.15, 0.2) is 12.3 Å². The molecule has 0 unspecified atom stereocenters. The minimum absolute atomic E-state index is 0.161. The van der Waals surface area contributed by atoms with Crippen molar-refractivity contribution < 1.29 is 5.11 Å². The lowest BCUT2D eigenvalue weighted by molar-refractivity contribution is 0.288. The van der Waals surface area contributed by atoms with Gasteiger partial charge in [0.1, 0.15) is 0 Å². The molecule has 0 spiro atoms. The number of hydrogen-bond acceptors (Lipinski definition) is 4. The first kappa shape index (κ1) is 12.3. The van der Waals surface area contributed by atoms with E-state index in [2.05, 4.69) is 14.9 Å². The molecular formula is C13H21N3O. The number of aromatic nitrogens is 2. The SMILES string of the molecule is Cc1ccnc(N(CCO)C2CCCCC2)n1. The third-order valence-electron chi connectivity index (χ3n) is 3.40. The molecule has 0 amide bonds. The van der Waals surface area contributed by atoms with E-state index in [0.717, 1.165) is 11.6 Å². The van der Waals surface area contributed by atoms with Gasteiger partial charge in [-0.2, -0.15) is 0 Å². The fourth-order valence-electron chi connectivity index (χ4n) is 2.52. The molecule has 0 bridgehead atoms. The highest BCUT2D eigenvalue weighted by Crippen LogP contribution is 2.25. The van der Waals surface area contributed by atoms with Crippen molar-refractivity contribution in [1.82, 2.24) is 9.97 Å². The predicted octanol–water partition coefficient (Wildman–Crippen LogP) is 1.92. The number of anilines is 1. The number of aliphatic hydroxyl groups excluding tert-OH is 1. The highest BCUT2D eigenvalue weighted by atomic mass is 16.3. The van der Waals surface area contributed by atoms with E-state index >= 15 is 0 Å². The Hall–Kier alpha value is -1.16. The molecule has 1 fully saturated rings. The molecule has 1 heterocycles. The summed E-state index contributed by atoms with van der Waals surface area (Å²) in [5.74, 6) is 0.769. The van der Waals surface area contributed by atoms with Gasteiger partial charge in [-0.25, -0.2) is 9.97 Å². The Bertz CT molecular complexity index is 350. The van der Waals surface area contributed by atoms with Crippen LogP contribution in [0.5, 0.6) is 0 Å². The zero-order chi connectivity index (χ0) is 12.1. The van der Waals surface area contributed by atoms with Crippen LogP contribution in [-0.4, -0.2) is 34.3 Å². The summed E-state index contributed by atoms with van der Waals surface area (Å²) >= 11 is 0. The largest absolute Gasteiger partial charge is 0.395 e. The number of nitrogens with zero attached hydrogens (tertiary/aromatic N) is 3. The van der Waals surface area contributed by atoms with Gasteiger partial charge in [-0.3, -0.25) is 0 Å². The van der Waals surface area contributed by atoms with Crippen LogP contribution in [0.4, 0.5) is 5.95 Å². The molecule has 1 aliphatic rings. The van der Waals surface area contributed by atoms with Crippen molar-refractivity contribution in [1.29, 1.82) is 0 Å². The van der Waals surface area contributed by atoms with Gasteiger partial charge >= 0.3 is 0 Å². The van der Waals surface area contributed by atoms with Crippen molar-refractivity contribution in [3.05, 3.63) is 18.0 Å². The average Bonchev–Trinajstić information content (AvgIpc) is 2.37. The number of aliphatic hydroxyl groups is 1. The van der Waals surface area contributed by atoms with Crippen molar-refractivity contribution >= 4 is 5.95 Å². The van der Waals surface area contributed by atoms with Crippen molar-refractivity contribution in [2.75, 3.05) is 18.1 Å². The van der Waals surface area contributed by atoms with E-state index in [1.807, 2.05) is 13.0 Å². The lowest BCUT2D eigenvalue weighted by Crippen LogP contribution is -2.40. The average molecular weight is 235 g/mol. The molecule has 1 aromatic rings. The lowest BCUT2D eigenvalue weighted by Gasteiger charge is -2.34. The van der Waals surface area contributed by atoms with Crippen LogP contribution in [0.3, 0.4) is 0 Å². The molecule has 1 aromatic heterocycles. The Morgan fingerprint density at radius 3 is 2.76 bits per heavy atom. The van der Waals surface area contributed by atoms with Gasteiger partial charge in [-0.1, -0.05) is 19.3 Å². The Kier molecular flexibility index (Phi) is 4.31. The topological polar surface area (TPSA) is 49.2 Å². The van der Waals surface area contributed by atoms with Gasteiger partial charge < -0.3 is 10.0 Å². The van der Waals surface area contributed by atoms with Crippen LogP contribution in [0, 0.1) is 6.92 Å². The van der Waals surface area contributed by atoms with Gasteiger partial charge in [0.05, 0.1) is 6.61 Å². The van der Waals surface area contributed by atoms with Gasteiger partial charge in [0.2, 0.25) is 5.95 Å². The second-order valence-electron chi connectivity index (χ2n) is 4.71. The van der Waals surface area contributed by atoms with Gasteiger partial charge in [0.15, 0.2) is 0 Å². The van der Waals surface area contributed by atoms with Crippen LogP contribution in [0.25, 0.3) is 0 Å². The van der Waals surface area contributed by atoms with E-state index in [0.29, 0.717) is 12.6 Å². The number of rotatable bonds is 4. The van der Waals surface area contributed by atoms with E-state index in [1.165, 1.54) is 32.1 Å². The highest BCUT2D eigenvalue weighted by molar-refractivity contribution is 5.32. The molecule has 0 aliphatic heterocycles. The van der Waals surface area contributed by atoms with E-state index in [9.17, 15) is 5.11 Å². The molecule has 1 N–H and O–H groups in total. The predicted molar refractivity (Wildman–Crippen MR) is 68.1 cm³/mol. The molecular weight excluding hydrogens is 214 g/mol.